The summed E-state index contributed by atoms with van der Waals surface area (Å²) in [4.78, 5) is 12.5. The zero-order chi connectivity index (χ0) is 21.4. The van der Waals surface area contributed by atoms with Crippen molar-refractivity contribution in [2.75, 3.05) is 0 Å². The summed E-state index contributed by atoms with van der Waals surface area (Å²) >= 11 is 5.34. The second-order valence-corrected chi connectivity index (χ2v) is 8.31. The van der Waals surface area contributed by atoms with Gasteiger partial charge in [0.1, 0.15) is 11.6 Å². The Hall–Kier alpha value is -2.27. The summed E-state index contributed by atoms with van der Waals surface area (Å²) in [6, 6.07) is 15.6. The molecule has 29 heavy (non-hydrogen) atoms. The number of benzene rings is 2. The van der Waals surface area contributed by atoms with Crippen LogP contribution < -0.4 is 0 Å². The molecule has 0 heterocycles. The van der Waals surface area contributed by atoms with E-state index in [1.807, 2.05) is 55.5 Å². The molecule has 3 rings (SSSR count). The standard InChI is InChI=1S/C23H22ClF3O2/c1-14-16(10-7-11-17(14)15-8-5-4-6-9-15)13-29-21(28)20-18(22(20,2)3)12-19(24)23(25,26)27/h4-12,18,20H,13H2,1-3H3/b19-12-/t18-,20?/m1/s1. The summed E-state index contributed by atoms with van der Waals surface area (Å²) < 4.78 is 43.5. The van der Waals surface area contributed by atoms with Crippen LogP contribution in [0.5, 0.6) is 0 Å². The molecule has 0 bridgehead atoms. The molecule has 0 N–H and O–H groups in total. The van der Waals surface area contributed by atoms with Crippen LogP contribution in [0.2, 0.25) is 0 Å². The lowest BCUT2D eigenvalue weighted by atomic mass is 9.97. The number of carbonyl (C=O) groups is 1. The molecule has 2 aromatic rings. The van der Waals surface area contributed by atoms with E-state index in [0.717, 1.165) is 28.3 Å². The Bertz CT molecular complexity index is 933. The van der Waals surface area contributed by atoms with Crippen molar-refractivity contribution >= 4 is 17.6 Å². The molecule has 1 unspecified atom stereocenters. The number of hydrogen-bond donors (Lipinski definition) is 0. The Balaban J connectivity index is 1.70. The van der Waals surface area contributed by atoms with Gasteiger partial charge in [0.2, 0.25) is 0 Å². The van der Waals surface area contributed by atoms with Crippen molar-refractivity contribution in [3.8, 4) is 11.1 Å². The molecule has 6 heteroatoms. The van der Waals surface area contributed by atoms with Gasteiger partial charge in [0, 0.05) is 0 Å². The van der Waals surface area contributed by atoms with Crippen molar-refractivity contribution in [2.45, 2.75) is 33.6 Å². The molecule has 2 atom stereocenters. The lowest BCUT2D eigenvalue weighted by Gasteiger charge is -2.12. The van der Waals surface area contributed by atoms with Gasteiger partial charge < -0.3 is 4.74 Å². The molecule has 0 saturated heterocycles. The van der Waals surface area contributed by atoms with Gasteiger partial charge in [-0.05, 0) is 40.5 Å². The number of ether oxygens (including phenoxy) is 1. The Labute approximate surface area is 173 Å². The van der Waals surface area contributed by atoms with E-state index >= 15 is 0 Å². The molecule has 1 fully saturated rings. The largest absolute Gasteiger partial charge is 0.461 e. The first kappa shape index (κ1) is 21.4. The minimum Gasteiger partial charge on any atom is -0.461 e. The van der Waals surface area contributed by atoms with E-state index in [1.54, 1.807) is 13.8 Å². The highest BCUT2D eigenvalue weighted by molar-refractivity contribution is 6.30. The maximum atomic E-state index is 12.7. The fraction of sp³-hybridized carbons (Fsp3) is 0.348. The number of esters is 1. The number of alkyl halides is 3. The van der Waals surface area contributed by atoms with Crippen LogP contribution in [0.25, 0.3) is 11.1 Å². The second-order valence-electron chi connectivity index (χ2n) is 7.90. The van der Waals surface area contributed by atoms with Gasteiger partial charge in [0.05, 0.1) is 5.92 Å². The van der Waals surface area contributed by atoms with Crippen molar-refractivity contribution in [1.29, 1.82) is 0 Å². The van der Waals surface area contributed by atoms with Crippen LogP contribution in [0, 0.1) is 24.2 Å². The van der Waals surface area contributed by atoms with Gasteiger partial charge in [-0.1, -0.05) is 80.1 Å². The zero-order valence-corrected chi connectivity index (χ0v) is 17.1. The van der Waals surface area contributed by atoms with Crippen LogP contribution in [0.3, 0.4) is 0 Å². The summed E-state index contributed by atoms with van der Waals surface area (Å²) in [6.07, 6.45) is -3.68. The highest BCUT2D eigenvalue weighted by Gasteiger charge is 2.62. The average molecular weight is 423 g/mol. The van der Waals surface area contributed by atoms with Gasteiger partial charge in [0.25, 0.3) is 0 Å². The van der Waals surface area contributed by atoms with E-state index in [9.17, 15) is 18.0 Å². The third-order valence-corrected chi connectivity index (χ3v) is 6.00. The highest BCUT2D eigenvalue weighted by Crippen LogP contribution is 2.60. The second kappa shape index (κ2) is 7.86. The number of rotatable bonds is 5. The molecule has 0 spiro atoms. The normalized spacial score (nSPS) is 21.0. The van der Waals surface area contributed by atoms with Crippen LogP contribution in [0.1, 0.15) is 25.0 Å². The molecule has 1 saturated carbocycles. The van der Waals surface area contributed by atoms with E-state index < -0.39 is 34.4 Å². The predicted molar refractivity (Wildman–Crippen MR) is 107 cm³/mol. The first-order chi connectivity index (χ1) is 13.5. The monoisotopic (exact) mass is 422 g/mol. The number of hydrogen-bond acceptors (Lipinski definition) is 2. The van der Waals surface area contributed by atoms with Crippen molar-refractivity contribution in [3.05, 3.63) is 70.8 Å². The Morgan fingerprint density at radius 1 is 1.14 bits per heavy atom. The number of carbonyl (C=O) groups excluding carboxylic acids is 1. The van der Waals surface area contributed by atoms with Crippen LogP contribution in [-0.4, -0.2) is 12.1 Å². The van der Waals surface area contributed by atoms with E-state index in [4.69, 9.17) is 16.3 Å². The first-order valence-electron chi connectivity index (χ1n) is 9.28. The van der Waals surface area contributed by atoms with Gasteiger partial charge in [-0.25, -0.2) is 0 Å². The van der Waals surface area contributed by atoms with E-state index in [2.05, 4.69) is 0 Å². The Morgan fingerprint density at radius 2 is 1.79 bits per heavy atom. The van der Waals surface area contributed by atoms with Gasteiger partial charge in [0.15, 0.2) is 0 Å². The smallest absolute Gasteiger partial charge is 0.426 e. The predicted octanol–water partition coefficient (Wildman–Crippen LogP) is 6.66. The Kier molecular flexibility index (Phi) is 5.81. The summed E-state index contributed by atoms with van der Waals surface area (Å²) in [5, 5.41) is -1.20. The van der Waals surface area contributed by atoms with Crippen molar-refractivity contribution in [3.63, 3.8) is 0 Å². The number of halogens is 4. The maximum Gasteiger partial charge on any atom is 0.426 e. The molecule has 2 aromatic carbocycles. The maximum absolute atomic E-state index is 12.7. The molecule has 0 aliphatic heterocycles. The molecule has 1 aliphatic rings. The third kappa shape index (κ3) is 4.50. The molecule has 0 radical (unpaired) electrons. The lowest BCUT2D eigenvalue weighted by Crippen LogP contribution is -2.11. The fourth-order valence-electron chi connectivity index (χ4n) is 3.70. The molecule has 0 amide bonds. The topological polar surface area (TPSA) is 26.3 Å². The molecule has 2 nitrogen and oxygen atoms in total. The lowest BCUT2D eigenvalue weighted by molar-refractivity contribution is -0.147. The minimum atomic E-state index is -4.61. The molecule has 154 valence electrons. The highest BCUT2D eigenvalue weighted by atomic mass is 35.5. The van der Waals surface area contributed by atoms with Gasteiger partial charge in [-0.2, -0.15) is 13.2 Å². The van der Waals surface area contributed by atoms with Gasteiger partial charge in [-0.3, -0.25) is 4.79 Å². The van der Waals surface area contributed by atoms with E-state index in [1.165, 1.54) is 0 Å². The van der Waals surface area contributed by atoms with E-state index in [-0.39, 0.29) is 6.61 Å². The van der Waals surface area contributed by atoms with Crippen LogP contribution in [-0.2, 0) is 16.1 Å². The summed E-state index contributed by atoms with van der Waals surface area (Å²) in [7, 11) is 0. The average Bonchev–Trinajstić information content (AvgIpc) is 3.20. The zero-order valence-electron chi connectivity index (χ0n) is 16.4. The Morgan fingerprint density at radius 3 is 2.41 bits per heavy atom. The van der Waals surface area contributed by atoms with Crippen LogP contribution >= 0.6 is 11.6 Å². The molecular formula is C23H22ClF3O2. The van der Waals surface area contributed by atoms with Gasteiger partial charge in [-0.15, -0.1) is 0 Å². The quantitative estimate of drug-likeness (QED) is 0.503. The molecule has 1 aliphatic carbocycles. The van der Waals surface area contributed by atoms with Crippen LogP contribution in [0.4, 0.5) is 13.2 Å². The van der Waals surface area contributed by atoms with E-state index in [0.29, 0.717) is 0 Å². The summed E-state index contributed by atoms with van der Waals surface area (Å²) in [6.45, 7) is 5.51. The summed E-state index contributed by atoms with van der Waals surface area (Å²) in [5.74, 6) is -1.75. The summed E-state index contributed by atoms with van der Waals surface area (Å²) in [5.41, 5.74) is 3.34. The van der Waals surface area contributed by atoms with Gasteiger partial charge >= 0.3 is 12.1 Å². The first-order valence-corrected chi connectivity index (χ1v) is 9.66. The third-order valence-electron chi connectivity index (χ3n) is 5.66. The molecule has 0 aromatic heterocycles. The SMILES string of the molecule is Cc1c(COC(=O)C2[C@@H](/C=C(\Cl)C(F)(F)F)C2(C)C)cccc1-c1ccccc1. The number of allylic oxidation sites excluding steroid dienone is 2. The van der Waals surface area contributed by atoms with Crippen molar-refractivity contribution < 1.29 is 22.7 Å². The molecular weight excluding hydrogens is 401 g/mol. The fourth-order valence-corrected chi connectivity index (χ4v) is 3.84. The van der Waals surface area contributed by atoms with Crippen LogP contribution in [0.15, 0.2) is 59.6 Å². The van der Waals surface area contributed by atoms with Crippen molar-refractivity contribution in [1.82, 2.24) is 0 Å². The minimum absolute atomic E-state index is 0.0708. The van der Waals surface area contributed by atoms with Crippen molar-refractivity contribution in [2.24, 2.45) is 17.3 Å².